The van der Waals surface area contributed by atoms with Gasteiger partial charge < -0.3 is 25.7 Å². The lowest BCUT2D eigenvalue weighted by Gasteiger charge is -2.49. The van der Waals surface area contributed by atoms with Gasteiger partial charge in [-0.15, -0.1) is 23.1 Å². The van der Waals surface area contributed by atoms with Crippen LogP contribution in [0.1, 0.15) is 12.6 Å². The number of esters is 1. The number of aliphatic carboxylic acids is 1. The van der Waals surface area contributed by atoms with Crippen LogP contribution >= 0.6 is 23.1 Å². The number of nitrogens with one attached hydrogen (secondary N) is 1. The van der Waals surface area contributed by atoms with Gasteiger partial charge in [-0.05, 0) is 0 Å². The van der Waals surface area contributed by atoms with Gasteiger partial charge in [-0.25, -0.2) is 9.78 Å². The Morgan fingerprint density at radius 2 is 2.25 bits per heavy atom. The van der Waals surface area contributed by atoms with Crippen LogP contribution in [0.5, 0.6) is 0 Å². The van der Waals surface area contributed by atoms with Crippen molar-refractivity contribution in [3.05, 3.63) is 35.0 Å². The first-order valence-corrected chi connectivity index (χ1v) is 11.0. The van der Waals surface area contributed by atoms with Gasteiger partial charge in [0.1, 0.15) is 36.0 Å². The molecule has 1 saturated heterocycles. The van der Waals surface area contributed by atoms with E-state index in [1.165, 1.54) is 30.1 Å². The first kappa shape index (κ1) is 23.3. The number of hydrogen-bond acceptors (Lipinski definition) is 11. The number of aromatic nitrogens is 1. The van der Waals surface area contributed by atoms with E-state index >= 15 is 0 Å². The second-order valence-corrected chi connectivity index (χ2v) is 8.49. The Labute approximate surface area is 190 Å². The van der Waals surface area contributed by atoms with Gasteiger partial charge in [-0.1, -0.05) is 17.8 Å². The highest BCUT2D eigenvalue weighted by molar-refractivity contribution is 8.00. The van der Waals surface area contributed by atoms with E-state index in [0.717, 1.165) is 16.2 Å². The van der Waals surface area contributed by atoms with Crippen molar-refractivity contribution in [3.8, 4) is 0 Å². The molecule has 14 heteroatoms. The maximum Gasteiger partial charge on any atom is 0.352 e. The number of carboxylic acid groups (broad SMARTS) is 1. The Hall–Kier alpha value is -3.39. The molecule has 3 heterocycles. The molecule has 170 valence electrons. The lowest BCUT2D eigenvalue weighted by atomic mass is 10.0. The number of nitrogens with zero attached hydrogens (tertiary/aromatic N) is 3. The van der Waals surface area contributed by atoms with Gasteiger partial charge in [0.2, 0.25) is 0 Å². The average Bonchev–Trinajstić information content (AvgIpc) is 3.18. The fourth-order valence-electron chi connectivity index (χ4n) is 2.95. The predicted octanol–water partition coefficient (Wildman–Crippen LogP) is -0.0663. The molecule has 0 radical (unpaired) electrons. The van der Waals surface area contributed by atoms with Crippen LogP contribution in [0.2, 0.25) is 0 Å². The third-order valence-electron chi connectivity index (χ3n) is 4.31. The van der Waals surface area contributed by atoms with E-state index in [9.17, 15) is 24.3 Å². The van der Waals surface area contributed by atoms with E-state index in [1.807, 2.05) is 0 Å². The smallest absolute Gasteiger partial charge is 0.352 e. The number of hydrogen-bond donors (Lipinski definition) is 3. The second-order valence-electron chi connectivity index (χ2n) is 6.49. The molecule has 0 aliphatic carbocycles. The monoisotopic (exact) mass is 481 g/mol. The van der Waals surface area contributed by atoms with Crippen molar-refractivity contribution in [2.24, 2.45) is 5.16 Å². The largest absolute Gasteiger partial charge is 0.477 e. The zero-order chi connectivity index (χ0) is 23.4. The predicted molar refractivity (Wildman–Crippen MR) is 116 cm³/mol. The number of thiazole rings is 1. The number of carbonyl (C=O) groups excluding carboxylic acids is 3. The van der Waals surface area contributed by atoms with Crippen molar-refractivity contribution in [2.45, 2.75) is 18.3 Å². The molecule has 32 heavy (non-hydrogen) atoms. The fraction of sp³-hybridized carbons (Fsp3) is 0.333. The number of nitrogens with two attached hydrogens (primary N) is 1. The molecule has 2 atom stereocenters. The molecule has 12 nitrogen and oxygen atoms in total. The summed E-state index contributed by atoms with van der Waals surface area (Å²) >= 11 is 2.34. The van der Waals surface area contributed by atoms with Crippen molar-refractivity contribution in [2.75, 3.05) is 24.7 Å². The zero-order valence-corrected chi connectivity index (χ0v) is 18.4. The number of β-lactam (4-membered cyclic amide) rings is 1. The first-order chi connectivity index (χ1) is 15.2. The molecule has 0 bridgehead atoms. The molecule has 1 aromatic rings. The molecule has 1 aromatic heterocycles. The highest BCUT2D eigenvalue weighted by Gasteiger charge is 2.54. The van der Waals surface area contributed by atoms with Gasteiger partial charge in [0, 0.05) is 23.6 Å². The molecule has 1 fully saturated rings. The topological polar surface area (TPSA) is 174 Å². The van der Waals surface area contributed by atoms with E-state index in [2.05, 4.69) is 22.0 Å². The van der Waals surface area contributed by atoms with E-state index < -0.39 is 35.2 Å². The average molecular weight is 482 g/mol. The number of amides is 2. The number of thioether (sulfide) groups is 1. The quantitative estimate of drug-likeness (QED) is 0.108. The number of ether oxygens (including phenoxy) is 1. The van der Waals surface area contributed by atoms with Crippen molar-refractivity contribution in [3.63, 3.8) is 0 Å². The summed E-state index contributed by atoms with van der Waals surface area (Å²) < 4.78 is 4.89. The first-order valence-electron chi connectivity index (χ1n) is 9.11. The van der Waals surface area contributed by atoms with Crippen molar-refractivity contribution in [1.82, 2.24) is 15.2 Å². The van der Waals surface area contributed by atoms with E-state index in [0.29, 0.717) is 5.57 Å². The van der Waals surface area contributed by atoms with E-state index in [1.54, 1.807) is 0 Å². The van der Waals surface area contributed by atoms with Crippen LogP contribution in [0.15, 0.2) is 34.5 Å². The molecule has 0 aromatic carbocycles. The maximum absolute atomic E-state index is 12.8. The SMILES string of the molecule is C=CCO/N=C(/C(=O)NC1C(=O)N2C(C(=O)O)=C(COC(C)=O)CS[C@H]12)c1csc(N)n1. The number of nitrogen functional groups attached to an aromatic ring is 1. The minimum Gasteiger partial charge on any atom is -0.477 e. The van der Waals surface area contributed by atoms with Crippen LogP contribution in [-0.4, -0.2) is 74.8 Å². The van der Waals surface area contributed by atoms with Gasteiger partial charge in [-0.3, -0.25) is 19.3 Å². The minimum atomic E-state index is -1.33. The zero-order valence-electron chi connectivity index (χ0n) is 16.8. The number of rotatable bonds is 9. The van der Waals surface area contributed by atoms with Gasteiger partial charge in [0.15, 0.2) is 10.8 Å². The Balaban J connectivity index is 1.78. The van der Waals surface area contributed by atoms with Crippen LogP contribution in [-0.2, 0) is 28.8 Å². The summed E-state index contributed by atoms with van der Waals surface area (Å²) in [6.07, 6.45) is 1.44. The molecular formula is C18H19N5O7S2. The lowest BCUT2D eigenvalue weighted by molar-refractivity contribution is -0.150. The molecule has 2 amide bonds. The Bertz CT molecular complexity index is 1030. The van der Waals surface area contributed by atoms with Crippen LogP contribution in [0.4, 0.5) is 5.13 Å². The number of oxime groups is 1. The van der Waals surface area contributed by atoms with Gasteiger partial charge in [-0.2, -0.15) is 0 Å². The summed E-state index contributed by atoms with van der Waals surface area (Å²) in [5, 5.41) is 17.0. The molecule has 2 aliphatic heterocycles. The molecular weight excluding hydrogens is 462 g/mol. The van der Waals surface area contributed by atoms with Crippen LogP contribution < -0.4 is 11.1 Å². The van der Waals surface area contributed by atoms with Crippen LogP contribution in [0, 0.1) is 0 Å². The van der Waals surface area contributed by atoms with Crippen molar-refractivity contribution < 1.29 is 33.9 Å². The summed E-state index contributed by atoms with van der Waals surface area (Å²) in [5.41, 5.74) is 5.66. The van der Waals surface area contributed by atoms with Gasteiger partial charge in [0.05, 0.1) is 0 Å². The molecule has 3 rings (SSSR count). The van der Waals surface area contributed by atoms with Gasteiger partial charge in [0.25, 0.3) is 11.8 Å². The number of anilines is 1. The fourth-order valence-corrected chi connectivity index (χ4v) is 4.82. The molecule has 2 aliphatic rings. The normalized spacial score (nSPS) is 20.2. The lowest BCUT2D eigenvalue weighted by Crippen LogP contribution is -2.71. The Morgan fingerprint density at radius 1 is 1.50 bits per heavy atom. The van der Waals surface area contributed by atoms with E-state index in [4.69, 9.17) is 15.3 Å². The van der Waals surface area contributed by atoms with Crippen molar-refractivity contribution >= 4 is 57.7 Å². The number of fused-ring (bicyclic) bond motifs is 1. The third kappa shape index (κ3) is 4.75. The highest BCUT2D eigenvalue weighted by atomic mass is 32.2. The summed E-state index contributed by atoms with van der Waals surface area (Å²) in [5.74, 6) is -3.03. The highest BCUT2D eigenvalue weighted by Crippen LogP contribution is 2.40. The number of carbonyl (C=O) groups is 4. The third-order valence-corrected chi connectivity index (χ3v) is 6.33. The standard InChI is InChI=1S/C18H19N5O7S2/c1-3-4-30-22-11(10-7-32-18(19)20-10)14(25)21-12-15(26)23-13(17(27)28)9(5-29-8(2)24)6-31-16(12)23/h3,7,12,16H,1,4-6H2,2H3,(H2,19,20)(H,21,25)(H,27,28)/b22-11+/t12?,16-/m1/s1. The Morgan fingerprint density at radius 3 is 2.84 bits per heavy atom. The van der Waals surface area contributed by atoms with Crippen LogP contribution in [0.25, 0.3) is 0 Å². The minimum absolute atomic E-state index is 0.0445. The molecule has 4 N–H and O–H groups in total. The molecule has 1 unspecified atom stereocenters. The van der Waals surface area contributed by atoms with Crippen LogP contribution in [0.3, 0.4) is 0 Å². The summed E-state index contributed by atoms with van der Waals surface area (Å²) in [7, 11) is 0. The second kappa shape index (κ2) is 9.82. The Kier molecular flexibility index (Phi) is 7.15. The molecule has 0 spiro atoms. The van der Waals surface area contributed by atoms with Crippen molar-refractivity contribution in [1.29, 1.82) is 0 Å². The maximum atomic E-state index is 12.8. The summed E-state index contributed by atoms with van der Waals surface area (Å²) in [4.78, 5) is 58.5. The summed E-state index contributed by atoms with van der Waals surface area (Å²) in [6, 6.07) is -0.988. The number of carboxylic acids is 1. The summed E-state index contributed by atoms with van der Waals surface area (Å²) in [6.45, 7) is 4.51. The van der Waals surface area contributed by atoms with E-state index in [-0.39, 0.29) is 41.2 Å². The molecule has 0 saturated carbocycles. The van der Waals surface area contributed by atoms with Gasteiger partial charge >= 0.3 is 11.9 Å².